The highest BCUT2D eigenvalue weighted by Gasteiger charge is 2.19. The van der Waals surface area contributed by atoms with Crippen molar-refractivity contribution < 1.29 is 4.79 Å². The van der Waals surface area contributed by atoms with Gasteiger partial charge in [-0.15, -0.1) is 0 Å². The first-order valence-electron chi connectivity index (χ1n) is 6.65. The molecule has 16 heavy (non-hydrogen) atoms. The second kappa shape index (κ2) is 6.89. The van der Waals surface area contributed by atoms with Gasteiger partial charge in [-0.05, 0) is 52.1 Å². The van der Waals surface area contributed by atoms with E-state index in [9.17, 15) is 4.79 Å². The van der Waals surface area contributed by atoms with Crippen LogP contribution in [-0.2, 0) is 4.79 Å². The fraction of sp³-hybridized carbons (Fsp3) is 0.923. The minimum absolute atomic E-state index is 0.337. The molecule has 0 spiro atoms. The van der Waals surface area contributed by atoms with E-state index in [2.05, 4.69) is 26.1 Å². The fourth-order valence-corrected chi connectivity index (χ4v) is 2.34. The van der Waals surface area contributed by atoms with Crippen LogP contribution in [0.3, 0.4) is 0 Å². The van der Waals surface area contributed by atoms with E-state index in [0.717, 1.165) is 44.8 Å². The zero-order chi connectivity index (χ0) is 12.0. The fourth-order valence-electron chi connectivity index (χ4n) is 2.34. The molecule has 3 nitrogen and oxygen atoms in total. The number of carbonyl (C=O) groups is 1. The van der Waals surface area contributed by atoms with Crippen LogP contribution in [0.25, 0.3) is 0 Å². The van der Waals surface area contributed by atoms with Gasteiger partial charge in [0, 0.05) is 19.0 Å². The van der Waals surface area contributed by atoms with Crippen molar-refractivity contribution in [2.45, 2.75) is 52.5 Å². The van der Waals surface area contributed by atoms with Crippen LogP contribution in [0.2, 0.25) is 0 Å². The number of rotatable bonds is 6. The monoisotopic (exact) mass is 226 g/mol. The lowest BCUT2D eigenvalue weighted by Gasteiger charge is -2.26. The molecule has 0 bridgehead atoms. The molecule has 0 aliphatic carbocycles. The van der Waals surface area contributed by atoms with E-state index in [1.54, 1.807) is 0 Å². The molecule has 1 atom stereocenters. The highest BCUT2D eigenvalue weighted by atomic mass is 16.2. The number of amides is 1. The first kappa shape index (κ1) is 13.5. The van der Waals surface area contributed by atoms with Gasteiger partial charge >= 0.3 is 0 Å². The zero-order valence-electron chi connectivity index (χ0n) is 11.0. The largest absolute Gasteiger partial charge is 0.340 e. The normalized spacial score (nSPS) is 20.4. The minimum atomic E-state index is 0.337. The Labute approximate surface area is 99.6 Å². The Hall–Kier alpha value is -0.570. The topological polar surface area (TPSA) is 32.3 Å². The summed E-state index contributed by atoms with van der Waals surface area (Å²) in [6, 6.07) is 0.342. The summed E-state index contributed by atoms with van der Waals surface area (Å²) in [4.78, 5) is 14.1. The van der Waals surface area contributed by atoms with Crippen LogP contribution in [0.15, 0.2) is 0 Å². The molecule has 0 radical (unpaired) electrons. The average Bonchev–Trinajstić information content (AvgIpc) is 2.75. The SMILES string of the molecule is CCCN(C(=O)CCC1CCNC1)C(C)C. The molecule has 1 heterocycles. The first-order valence-corrected chi connectivity index (χ1v) is 6.65. The van der Waals surface area contributed by atoms with E-state index < -0.39 is 0 Å². The summed E-state index contributed by atoms with van der Waals surface area (Å²) in [5, 5.41) is 3.35. The summed E-state index contributed by atoms with van der Waals surface area (Å²) in [6.45, 7) is 9.46. The van der Waals surface area contributed by atoms with E-state index in [0.29, 0.717) is 11.9 Å². The molecular weight excluding hydrogens is 200 g/mol. The second-order valence-corrected chi connectivity index (χ2v) is 5.08. The standard InChI is InChI=1S/C13H26N2O/c1-4-9-15(11(2)3)13(16)6-5-12-7-8-14-10-12/h11-12,14H,4-10H2,1-3H3. The number of hydrogen-bond acceptors (Lipinski definition) is 2. The van der Waals surface area contributed by atoms with Gasteiger partial charge in [0.2, 0.25) is 5.91 Å². The van der Waals surface area contributed by atoms with Crippen molar-refractivity contribution in [3.63, 3.8) is 0 Å². The summed E-state index contributed by atoms with van der Waals surface area (Å²) in [5.41, 5.74) is 0. The van der Waals surface area contributed by atoms with Gasteiger partial charge < -0.3 is 10.2 Å². The lowest BCUT2D eigenvalue weighted by atomic mass is 10.0. The molecule has 1 unspecified atom stereocenters. The lowest BCUT2D eigenvalue weighted by Crippen LogP contribution is -2.37. The third kappa shape index (κ3) is 4.12. The van der Waals surface area contributed by atoms with Gasteiger partial charge in [-0.2, -0.15) is 0 Å². The van der Waals surface area contributed by atoms with Crippen molar-refractivity contribution in [3.05, 3.63) is 0 Å². The highest BCUT2D eigenvalue weighted by molar-refractivity contribution is 5.76. The summed E-state index contributed by atoms with van der Waals surface area (Å²) < 4.78 is 0. The summed E-state index contributed by atoms with van der Waals surface area (Å²) >= 11 is 0. The third-order valence-corrected chi connectivity index (χ3v) is 3.34. The Balaban J connectivity index is 2.30. The highest BCUT2D eigenvalue weighted by Crippen LogP contribution is 2.16. The Bertz CT molecular complexity index is 210. The molecule has 0 aromatic heterocycles. The van der Waals surface area contributed by atoms with E-state index in [-0.39, 0.29) is 0 Å². The quantitative estimate of drug-likeness (QED) is 0.751. The molecule has 94 valence electrons. The van der Waals surface area contributed by atoms with Crippen LogP contribution in [0.1, 0.15) is 46.5 Å². The van der Waals surface area contributed by atoms with Crippen LogP contribution < -0.4 is 5.32 Å². The number of carbonyl (C=O) groups excluding carboxylic acids is 1. The van der Waals surface area contributed by atoms with E-state index in [1.807, 2.05) is 4.90 Å². The number of hydrogen-bond donors (Lipinski definition) is 1. The van der Waals surface area contributed by atoms with Gasteiger partial charge in [-0.3, -0.25) is 4.79 Å². The average molecular weight is 226 g/mol. The number of nitrogens with zero attached hydrogens (tertiary/aromatic N) is 1. The van der Waals surface area contributed by atoms with Gasteiger partial charge in [0.1, 0.15) is 0 Å². The molecule has 0 aromatic carbocycles. The van der Waals surface area contributed by atoms with Gasteiger partial charge in [0.15, 0.2) is 0 Å². The van der Waals surface area contributed by atoms with Crippen molar-refractivity contribution in [2.75, 3.05) is 19.6 Å². The summed E-state index contributed by atoms with van der Waals surface area (Å²) in [7, 11) is 0. The predicted octanol–water partition coefficient (Wildman–Crippen LogP) is 2.02. The molecule has 1 saturated heterocycles. The Kier molecular flexibility index (Phi) is 5.81. The van der Waals surface area contributed by atoms with Crippen molar-refractivity contribution in [3.8, 4) is 0 Å². The Morgan fingerprint density at radius 1 is 1.50 bits per heavy atom. The first-order chi connectivity index (χ1) is 7.65. The lowest BCUT2D eigenvalue weighted by molar-refractivity contribution is -0.133. The second-order valence-electron chi connectivity index (χ2n) is 5.08. The smallest absolute Gasteiger partial charge is 0.222 e. The van der Waals surface area contributed by atoms with E-state index in [4.69, 9.17) is 0 Å². The maximum atomic E-state index is 12.0. The maximum Gasteiger partial charge on any atom is 0.222 e. The van der Waals surface area contributed by atoms with Crippen LogP contribution in [0, 0.1) is 5.92 Å². The number of nitrogens with one attached hydrogen (secondary N) is 1. The van der Waals surface area contributed by atoms with Crippen LogP contribution in [0.4, 0.5) is 0 Å². The van der Waals surface area contributed by atoms with Gasteiger partial charge in [-0.1, -0.05) is 6.92 Å². The van der Waals surface area contributed by atoms with E-state index >= 15 is 0 Å². The van der Waals surface area contributed by atoms with Crippen LogP contribution in [-0.4, -0.2) is 36.5 Å². The molecule has 3 heteroatoms. The maximum absolute atomic E-state index is 12.0. The summed E-state index contributed by atoms with van der Waals surface area (Å²) in [6.07, 6.45) is 4.07. The molecule has 0 aromatic rings. The van der Waals surface area contributed by atoms with E-state index in [1.165, 1.54) is 6.42 Å². The van der Waals surface area contributed by atoms with Crippen LogP contribution >= 0.6 is 0 Å². The molecule has 1 fully saturated rings. The third-order valence-electron chi connectivity index (χ3n) is 3.34. The Morgan fingerprint density at radius 2 is 2.25 bits per heavy atom. The zero-order valence-corrected chi connectivity index (χ0v) is 11.0. The van der Waals surface area contributed by atoms with Crippen LogP contribution in [0.5, 0.6) is 0 Å². The Morgan fingerprint density at radius 3 is 2.75 bits per heavy atom. The molecule has 1 amide bonds. The molecule has 0 saturated carbocycles. The van der Waals surface area contributed by atoms with Crippen molar-refractivity contribution in [2.24, 2.45) is 5.92 Å². The molecule has 1 aliphatic rings. The molecule has 1 aliphatic heterocycles. The van der Waals surface area contributed by atoms with Crippen molar-refractivity contribution in [1.82, 2.24) is 10.2 Å². The van der Waals surface area contributed by atoms with Crippen molar-refractivity contribution in [1.29, 1.82) is 0 Å². The van der Waals surface area contributed by atoms with Crippen molar-refractivity contribution >= 4 is 5.91 Å². The molecule has 1 N–H and O–H groups in total. The minimum Gasteiger partial charge on any atom is -0.340 e. The predicted molar refractivity (Wildman–Crippen MR) is 67.4 cm³/mol. The van der Waals surface area contributed by atoms with Gasteiger partial charge in [0.25, 0.3) is 0 Å². The molecule has 1 rings (SSSR count). The van der Waals surface area contributed by atoms with Gasteiger partial charge in [-0.25, -0.2) is 0 Å². The van der Waals surface area contributed by atoms with Gasteiger partial charge in [0.05, 0.1) is 0 Å². The summed E-state index contributed by atoms with van der Waals surface area (Å²) in [5.74, 6) is 1.06. The molecular formula is C13H26N2O.